The third kappa shape index (κ3) is 1.75. The van der Waals surface area contributed by atoms with Crippen LogP contribution in [-0.4, -0.2) is 15.7 Å². The molecule has 1 atom stereocenters. The van der Waals surface area contributed by atoms with Crippen LogP contribution in [0, 0.1) is 6.92 Å². The van der Waals surface area contributed by atoms with Gasteiger partial charge in [0.15, 0.2) is 0 Å². The lowest BCUT2D eigenvalue weighted by atomic mass is 10.2. The van der Waals surface area contributed by atoms with E-state index >= 15 is 0 Å². The Balaban J connectivity index is 2.34. The average molecular weight is 303 g/mol. The number of aryl methyl sites for hydroxylation is 1. The first-order valence-electron chi connectivity index (χ1n) is 6.47. The zero-order valence-electron chi connectivity index (χ0n) is 11.1. The summed E-state index contributed by atoms with van der Waals surface area (Å²) >= 11 is 6.07. The molecule has 0 saturated heterocycles. The van der Waals surface area contributed by atoms with Crippen molar-refractivity contribution in [2.45, 2.75) is 43.8 Å². The van der Waals surface area contributed by atoms with Gasteiger partial charge in [0.2, 0.25) is 0 Å². The maximum Gasteiger partial charge on any atom is 0.412 e. The molecule has 0 N–H and O–H groups in total. The number of fused-ring (bicyclic) bond motifs is 1. The van der Waals surface area contributed by atoms with Crippen molar-refractivity contribution in [3.63, 3.8) is 0 Å². The molecule has 1 aliphatic rings. The number of benzene rings is 1. The highest BCUT2D eigenvalue weighted by Gasteiger charge is 2.66. The number of hydrogen-bond acceptors (Lipinski definition) is 1. The molecule has 6 heteroatoms. The van der Waals surface area contributed by atoms with Crippen LogP contribution in [0.3, 0.4) is 0 Å². The molecule has 3 rings (SSSR count). The zero-order valence-corrected chi connectivity index (χ0v) is 11.9. The quantitative estimate of drug-likeness (QED) is 0.736. The molecule has 1 unspecified atom stereocenters. The maximum absolute atomic E-state index is 13.4. The minimum absolute atomic E-state index is 0.0898. The van der Waals surface area contributed by atoms with Crippen LogP contribution in [0.2, 0.25) is 0 Å². The third-order valence-corrected chi connectivity index (χ3v) is 4.14. The van der Waals surface area contributed by atoms with Crippen LogP contribution < -0.4 is 0 Å². The summed E-state index contributed by atoms with van der Waals surface area (Å²) in [7, 11) is 0. The monoisotopic (exact) mass is 302 g/mol. The van der Waals surface area contributed by atoms with Gasteiger partial charge in [-0.1, -0.05) is 12.1 Å². The molecule has 2 aromatic rings. The van der Waals surface area contributed by atoms with Gasteiger partial charge in [0.05, 0.1) is 16.4 Å². The van der Waals surface area contributed by atoms with Crippen molar-refractivity contribution in [2.24, 2.45) is 0 Å². The first-order chi connectivity index (χ1) is 9.28. The Labute approximate surface area is 119 Å². The molecule has 1 saturated carbocycles. The fourth-order valence-corrected chi connectivity index (χ4v) is 2.87. The predicted molar refractivity (Wildman–Crippen MR) is 72.0 cm³/mol. The molecule has 1 aromatic carbocycles. The van der Waals surface area contributed by atoms with Crippen LogP contribution in [-0.2, 0) is 5.54 Å². The zero-order chi connectivity index (χ0) is 14.7. The van der Waals surface area contributed by atoms with Crippen molar-refractivity contribution < 1.29 is 13.2 Å². The van der Waals surface area contributed by atoms with E-state index in [9.17, 15) is 13.2 Å². The predicted octanol–water partition coefficient (Wildman–Crippen LogP) is 4.70. The standard InChI is InChI=1S/C14H14ClF3N2/c1-8-4-3-5-10-11(8)19-12(9(2)15)20(10)13(6-7-13)14(16,17)18/h3-5,9H,6-7H2,1-2H3. The maximum atomic E-state index is 13.4. The highest BCUT2D eigenvalue weighted by atomic mass is 35.5. The molecule has 1 fully saturated rings. The van der Waals surface area contributed by atoms with Crippen LogP contribution in [0.15, 0.2) is 18.2 Å². The van der Waals surface area contributed by atoms with Gasteiger partial charge in [0.1, 0.15) is 11.4 Å². The Morgan fingerprint density at radius 1 is 1.35 bits per heavy atom. The van der Waals surface area contributed by atoms with Gasteiger partial charge in [-0.15, -0.1) is 11.6 Å². The largest absolute Gasteiger partial charge is 0.412 e. The SMILES string of the molecule is Cc1cccc2c1nc(C(C)Cl)n2C1(C(F)(F)F)CC1. The summed E-state index contributed by atoms with van der Waals surface area (Å²) in [6, 6.07) is 5.28. The second-order valence-corrected chi connectivity index (χ2v) is 6.05. The average Bonchev–Trinajstić information content (AvgIpc) is 3.04. The molecule has 1 heterocycles. The molecule has 2 nitrogen and oxygen atoms in total. The van der Waals surface area contributed by atoms with Gasteiger partial charge < -0.3 is 4.57 Å². The lowest BCUT2D eigenvalue weighted by Gasteiger charge is -2.24. The normalized spacial score (nSPS) is 19.3. The Kier molecular flexibility index (Phi) is 2.84. The molecule has 1 aliphatic carbocycles. The van der Waals surface area contributed by atoms with Gasteiger partial charge in [-0.05, 0) is 38.3 Å². The van der Waals surface area contributed by atoms with Gasteiger partial charge in [-0.2, -0.15) is 13.2 Å². The minimum atomic E-state index is -4.29. The first-order valence-corrected chi connectivity index (χ1v) is 6.91. The van der Waals surface area contributed by atoms with Crippen molar-refractivity contribution in [2.75, 3.05) is 0 Å². The van der Waals surface area contributed by atoms with Gasteiger partial charge in [-0.25, -0.2) is 4.98 Å². The van der Waals surface area contributed by atoms with E-state index in [1.807, 2.05) is 13.0 Å². The summed E-state index contributed by atoms with van der Waals surface area (Å²) in [6.45, 7) is 3.50. The molecule has 0 radical (unpaired) electrons. The van der Waals surface area contributed by atoms with E-state index in [4.69, 9.17) is 11.6 Å². The van der Waals surface area contributed by atoms with Crippen molar-refractivity contribution in [3.05, 3.63) is 29.6 Å². The van der Waals surface area contributed by atoms with E-state index in [-0.39, 0.29) is 12.8 Å². The van der Waals surface area contributed by atoms with Crippen molar-refractivity contribution in [1.29, 1.82) is 0 Å². The van der Waals surface area contributed by atoms with E-state index in [1.165, 1.54) is 4.57 Å². The lowest BCUT2D eigenvalue weighted by molar-refractivity contribution is -0.179. The van der Waals surface area contributed by atoms with E-state index in [2.05, 4.69) is 4.98 Å². The molecule has 0 spiro atoms. The Bertz CT molecular complexity index is 669. The molecular weight excluding hydrogens is 289 g/mol. The van der Waals surface area contributed by atoms with Crippen molar-refractivity contribution >= 4 is 22.6 Å². The highest BCUT2D eigenvalue weighted by molar-refractivity contribution is 6.20. The van der Waals surface area contributed by atoms with Crippen LogP contribution in [0.1, 0.15) is 36.5 Å². The third-order valence-electron chi connectivity index (χ3n) is 3.95. The second-order valence-electron chi connectivity index (χ2n) is 5.39. The number of alkyl halides is 4. The van der Waals surface area contributed by atoms with Gasteiger partial charge in [0, 0.05) is 0 Å². The number of para-hydroxylation sites is 1. The Morgan fingerprint density at radius 3 is 2.50 bits per heavy atom. The fourth-order valence-electron chi connectivity index (χ4n) is 2.73. The van der Waals surface area contributed by atoms with Crippen LogP contribution >= 0.6 is 11.6 Å². The summed E-state index contributed by atoms with van der Waals surface area (Å²) < 4.78 is 41.6. The second kappa shape index (κ2) is 4.13. The molecule has 0 amide bonds. The van der Waals surface area contributed by atoms with E-state index < -0.39 is 17.1 Å². The molecule has 108 valence electrons. The topological polar surface area (TPSA) is 17.8 Å². The summed E-state index contributed by atoms with van der Waals surface area (Å²) in [6.07, 6.45) is -4.11. The van der Waals surface area contributed by atoms with Crippen LogP contribution in [0.5, 0.6) is 0 Å². The molecular formula is C14H14ClF3N2. The molecule has 1 aromatic heterocycles. The summed E-state index contributed by atoms with van der Waals surface area (Å²) in [5, 5.41) is -0.568. The summed E-state index contributed by atoms with van der Waals surface area (Å²) in [5.41, 5.74) is 0.152. The fraction of sp³-hybridized carbons (Fsp3) is 0.500. The Morgan fingerprint density at radius 2 is 2.00 bits per heavy atom. The number of rotatable bonds is 2. The Hall–Kier alpha value is -1.23. The smallest absolute Gasteiger partial charge is 0.311 e. The van der Waals surface area contributed by atoms with Crippen LogP contribution in [0.4, 0.5) is 13.2 Å². The van der Waals surface area contributed by atoms with Crippen molar-refractivity contribution in [3.8, 4) is 0 Å². The number of imidazole rings is 1. The minimum Gasteiger partial charge on any atom is -0.311 e. The molecule has 20 heavy (non-hydrogen) atoms. The molecule has 0 bridgehead atoms. The summed E-state index contributed by atoms with van der Waals surface area (Å²) in [5.74, 6) is 0.297. The molecule has 0 aliphatic heterocycles. The lowest BCUT2D eigenvalue weighted by Crippen LogP contribution is -2.36. The van der Waals surface area contributed by atoms with Gasteiger partial charge in [-0.3, -0.25) is 0 Å². The van der Waals surface area contributed by atoms with Gasteiger partial charge in [0.25, 0.3) is 0 Å². The van der Waals surface area contributed by atoms with E-state index in [0.29, 0.717) is 16.9 Å². The van der Waals surface area contributed by atoms with E-state index in [1.54, 1.807) is 19.1 Å². The number of halogens is 4. The first kappa shape index (κ1) is 13.7. The van der Waals surface area contributed by atoms with Crippen molar-refractivity contribution in [1.82, 2.24) is 9.55 Å². The number of aromatic nitrogens is 2. The van der Waals surface area contributed by atoms with Crippen LogP contribution in [0.25, 0.3) is 11.0 Å². The van der Waals surface area contributed by atoms with Gasteiger partial charge >= 0.3 is 6.18 Å². The highest BCUT2D eigenvalue weighted by Crippen LogP contribution is 2.57. The van der Waals surface area contributed by atoms with E-state index in [0.717, 1.165) is 5.56 Å². The number of hydrogen-bond donors (Lipinski definition) is 0. The number of nitrogens with zero attached hydrogens (tertiary/aromatic N) is 2. The summed E-state index contributed by atoms with van der Waals surface area (Å²) in [4.78, 5) is 4.36.